The molecule has 9 aromatic rings. The summed E-state index contributed by atoms with van der Waals surface area (Å²) in [6.07, 6.45) is 5.30. The Hall–Kier alpha value is -5.28. The zero-order valence-electron chi connectivity index (χ0n) is 39.8. The Balaban J connectivity index is 0.000000217. The van der Waals surface area contributed by atoms with Crippen molar-refractivity contribution in [3.63, 3.8) is 0 Å². The van der Waals surface area contributed by atoms with Crippen molar-refractivity contribution in [3.8, 4) is 39.5 Å². The summed E-state index contributed by atoms with van der Waals surface area (Å²) >= 11 is -2.10. The quantitative estimate of drug-likeness (QED) is 0.123. The van der Waals surface area contributed by atoms with Crippen molar-refractivity contribution >= 4 is 50.6 Å². The fraction of sp³-hybridized carbons (Fsp3) is 0.200. The predicted octanol–water partition coefficient (Wildman–Crippen LogP) is 12.4. The number of fused-ring (bicyclic) bond motifs is 4. The average molecular weight is 1020 g/mol. The fourth-order valence-electron chi connectivity index (χ4n) is 7.49. The summed E-state index contributed by atoms with van der Waals surface area (Å²) in [6.45, 7) is 3.53. The second kappa shape index (κ2) is 16.8. The average Bonchev–Trinajstić information content (AvgIpc) is 3.82. The molecule has 299 valence electrons. The van der Waals surface area contributed by atoms with E-state index in [1.165, 1.54) is 22.1 Å². The van der Waals surface area contributed by atoms with Gasteiger partial charge in [0, 0.05) is 52.9 Å². The molecule has 0 bridgehead atoms. The molecule has 0 atom stereocenters. The topological polar surface area (TPSA) is 69.6 Å². The Kier molecular flexibility index (Phi) is 9.82. The van der Waals surface area contributed by atoms with Crippen molar-refractivity contribution in [1.82, 2.24) is 24.5 Å². The SMILES string of the molecule is [2H]C([2H])([2H])c1cc[c-]c(-c2cc(C(C)C)[c]([Ge]([CH3])([CH3])[CH3])cn2)c1F.[2H]C([2H])([2H])c1ccc(-c2c[c-]c(-c3nc4ccccc4n3-c3cc(C)nc(C)c3)c3oc4cnccc4c23)cc1.[Ir]. The number of nitrogens with zero attached hydrogens (tertiary/aromatic N) is 5. The minimum Gasteiger partial charge on any atom is -0.499 e. The summed E-state index contributed by atoms with van der Waals surface area (Å²) in [6, 6.07) is 33.9. The first-order valence-corrected chi connectivity index (χ1v) is 26.5. The largest absolute Gasteiger partial charge is 0.499 e. The van der Waals surface area contributed by atoms with Crippen LogP contribution in [0.4, 0.5) is 4.39 Å². The van der Waals surface area contributed by atoms with Gasteiger partial charge in [-0.25, -0.2) is 0 Å². The Labute approximate surface area is 370 Å². The summed E-state index contributed by atoms with van der Waals surface area (Å²) in [5.41, 5.74) is 10.1. The number of hydrogen-bond donors (Lipinski definition) is 0. The van der Waals surface area contributed by atoms with Gasteiger partial charge in [0.15, 0.2) is 0 Å². The number of imidazole rings is 1. The molecular formula is C50H46FGeIrN5O-2. The van der Waals surface area contributed by atoms with Crippen LogP contribution in [-0.4, -0.2) is 37.8 Å². The molecule has 0 aliphatic rings. The van der Waals surface area contributed by atoms with Gasteiger partial charge in [0.2, 0.25) is 0 Å². The van der Waals surface area contributed by atoms with Crippen molar-refractivity contribution in [1.29, 1.82) is 0 Å². The summed E-state index contributed by atoms with van der Waals surface area (Å²) < 4.78 is 70.2. The molecule has 9 rings (SSSR count). The molecule has 59 heavy (non-hydrogen) atoms. The first-order valence-electron chi connectivity index (χ1n) is 22.2. The number of halogens is 1. The van der Waals surface area contributed by atoms with E-state index in [4.69, 9.17) is 17.6 Å². The van der Waals surface area contributed by atoms with Crippen LogP contribution in [0.2, 0.25) is 17.3 Å². The smallest absolute Gasteiger partial charge is 0.139 e. The van der Waals surface area contributed by atoms with E-state index in [1.807, 2.05) is 80.7 Å². The van der Waals surface area contributed by atoms with Crippen LogP contribution in [0.15, 0.2) is 114 Å². The number of pyridine rings is 3. The molecule has 1 radical (unpaired) electrons. The minimum absolute atomic E-state index is 0. The van der Waals surface area contributed by atoms with Gasteiger partial charge in [-0.05, 0) is 56.4 Å². The summed E-state index contributed by atoms with van der Waals surface area (Å²) in [4.78, 5) is 18.3. The Morgan fingerprint density at radius 2 is 1.63 bits per heavy atom. The zero-order valence-corrected chi connectivity index (χ0v) is 38.3. The number of aromatic nitrogens is 5. The molecule has 0 amide bonds. The number of aryl methyl sites for hydroxylation is 4. The number of rotatable bonds is 6. The van der Waals surface area contributed by atoms with E-state index >= 15 is 0 Å². The van der Waals surface area contributed by atoms with Gasteiger partial charge in [0.05, 0.1) is 28.6 Å². The van der Waals surface area contributed by atoms with Crippen LogP contribution in [0.1, 0.15) is 56.1 Å². The van der Waals surface area contributed by atoms with Gasteiger partial charge in [-0.15, -0.1) is 12.1 Å². The fourth-order valence-corrected chi connectivity index (χ4v) is 11.0. The van der Waals surface area contributed by atoms with E-state index < -0.39 is 32.8 Å². The van der Waals surface area contributed by atoms with E-state index in [-0.39, 0.29) is 31.2 Å². The normalized spacial score (nSPS) is 13.5. The third-order valence-electron chi connectivity index (χ3n) is 10.2. The molecule has 0 saturated heterocycles. The molecule has 0 unspecified atom stereocenters. The van der Waals surface area contributed by atoms with Crippen LogP contribution < -0.4 is 4.40 Å². The van der Waals surface area contributed by atoms with Crippen LogP contribution in [-0.2, 0) is 20.1 Å². The molecule has 5 aromatic heterocycles. The van der Waals surface area contributed by atoms with Crippen molar-refractivity contribution in [3.05, 3.63) is 156 Å². The van der Waals surface area contributed by atoms with E-state index in [0.717, 1.165) is 55.6 Å². The van der Waals surface area contributed by atoms with Gasteiger partial charge in [-0.1, -0.05) is 58.7 Å². The standard InChI is InChI=1S/C32H23N4O.C18H23FGeN.Ir/c1-19-8-10-22(11-9-19)24-12-13-26(31-30(24)25-14-15-33-18-29(25)37-31)32-35-27-6-4-5-7-28(27)36(32)23-16-20(2)34-21(3)17-23;1-12(2)15-10-17(21-11-16(15)20(4,5)6)14-9-7-8-13(3)18(14)19;/h4-12,14-18H,1-3H3;7-8,10-12H,1-6H3;/q2*-1;/i1D3;3D3;. The van der Waals surface area contributed by atoms with Crippen molar-refractivity contribution in [2.24, 2.45) is 0 Å². The maximum absolute atomic E-state index is 14.7. The molecule has 4 aromatic carbocycles. The monoisotopic (exact) mass is 1020 g/mol. The number of furan rings is 1. The third-order valence-corrected chi connectivity index (χ3v) is 14.5. The van der Waals surface area contributed by atoms with E-state index in [2.05, 4.69) is 68.8 Å². The zero-order chi connectivity index (χ0) is 45.9. The van der Waals surface area contributed by atoms with Gasteiger partial charge in [0.25, 0.3) is 0 Å². The predicted molar refractivity (Wildman–Crippen MR) is 238 cm³/mol. The molecule has 5 heterocycles. The van der Waals surface area contributed by atoms with Crippen LogP contribution in [0, 0.1) is 45.5 Å². The Morgan fingerprint density at radius 3 is 2.34 bits per heavy atom. The molecule has 0 aliphatic heterocycles. The van der Waals surface area contributed by atoms with Crippen LogP contribution >= 0.6 is 0 Å². The summed E-state index contributed by atoms with van der Waals surface area (Å²) in [5.74, 6) is 7.12. The van der Waals surface area contributed by atoms with Gasteiger partial charge < -0.3 is 8.98 Å². The number of para-hydroxylation sites is 2. The van der Waals surface area contributed by atoms with Crippen molar-refractivity contribution in [2.75, 3.05) is 0 Å². The van der Waals surface area contributed by atoms with Crippen molar-refractivity contribution < 1.29 is 37.1 Å². The van der Waals surface area contributed by atoms with Gasteiger partial charge in [-0.3, -0.25) is 15.0 Å². The van der Waals surface area contributed by atoms with Crippen LogP contribution in [0.3, 0.4) is 0 Å². The molecule has 0 spiro atoms. The Bertz CT molecular complexity index is 3190. The molecule has 9 heteroatoms. The minimum atomic E-state index is -2.49. The number of hydrogen-bond acceptors (Lipinski definition) is 5. The summed E-state index contributed by atoms with van der Waals surface area (Å²) in [5, 5.41) is 1.81. The van der Waals surface area contributed by atoms with Crippen LogP contribution in [0.5, 0.6) is 0 Å². The molecule has 0 fully saturated rings. The maximum atomic E-state index is 14.7. The van der Waals surface area contributed by atoms with Crippen molar-refractivity contribution in [2.45, 2.75) is 64.6 Å². The molecule has 0 aliphatic carbocycles. The number of benzene rings is 4. The second-order valence-electron chi connectivity index (χ2n) is 15.8. The first kappa shape index (κ1) is 34.6. The molecule has 0 saturated carbocycles. The van der Waals surface area contributed by atoms with Crippen LogP contribution in [0.25, 0.3) is 72.4 Å². The third kappa shape index (κ3) is 8.19. The van der Waals surface area contributed by atoms with Gasteiger partial charge in [0.1, 0.15) is 5.58 Å². The van der Waals surface area contributed by atoms with Gasteiger partial charge in [-0.2, -0.15) is 0 Å². The maximum Gasteiger partial charge on any atom is 0.139 e. The van der Waals surface area contributed by atoms with E-state index in [9.17, 15) is 4.39 Å². The van der Waals surface area contributed by atoms with E-state index in [0.29, 0.717) is 34.2 Å². The van der Waals surface area contributed by atoms with E-state index in [1.54, 1.807) is 24.5 Å². The first-order chi connectivity index (χ1) is 30.2. The second-order valence-corrected chi connectivity index (χ2v) is 26.4. The molecule has 0 N–H and O–H groups in total. The molecule has 6 nitrogen and oxygen atoms in total. The van der Waals surface area contributed by atoms with Gasteiger partial charge >= 0.3 is 134 Å². The Morgan fingerprint density at radius 1 is 0.864 bits per heavy atom. The summed E-state index contributed by atoms with van der Waals surface area (Å²) in [7, 11) is 0. The molecular weight excluding hydrogens is 970 g/mol.